The molecule has 9 heteroatoms. The molecule has 0 bridgehead atoms. The molecule has 0 aliphatic rings. The number of aliphatic imine (C=N–C) groups is 2. The van der Waals surface area contributed by atoms with E-state index in [0.29, 0.717) is 5.56 Å². The molecule has 0 saturated carbocycles. The van der Waals surface area contributed by atoms with Crippen LogP contribution in [0, 0.1) is 6.07 Å². The van der Waals surface area contributed by atoms with Crippen LogP contribution in [-0.4, -0.2) is 32.6 Å². The molecule has 14 rings (SSSR count). The average molecular weight is 1710 g/mol. The van der Waals surface area contributed by atoms with Crippen LogP contribution in [-0.2, 0) is 64.4 Å². The first-order valence-corrected chi connectivity index (χ1v) is 41.1. The molecule has 0 amide bonds. The second-order valence-electron chi connectivity index (χ2n) is 38.8. The molecule has 0 aliphatic carbocycles. The van der Waals surface area contributed by atoms with Crippen LogP contribution in [0.2, 0.25) is 0 Å². The van der Waals surface area contributed by atoms with E-state index in [4.69, 9.17) is 20.0 Å². The van der Waals surface area contributed by atoms with Gasteiger partial charge in [-0.15, -0.1) is 57.2 Å². The first kappa shape index (κ1) is 83.0. The Labute approximate surface area is 695 Å². The van der Waals surface area contributed by atoms with Crippen molar-refractivity contribution < 1.29 is 31.3 Å². The number of rotatable bonds is 10. The summed E-state index contributed by atoms with van der Waals surface area (Å²) in [6, 6.07) is 79.9. The van der Waals surface area contributed by atoms with Crippen molar-refractivity contribution in [3.63, 3.8) is 0 Å². The molecule has 0 aliphatic heterocycles. The number of phenolic OH excluding ortho intramolecular Hbond substituents is 2. The average Bonchev–Trinajstić information content (AvgIpc) is 1.74. The molecule has 14 aromatic rings. The summed E-state index contributed by atoms with van der Waals surface area (Å²) in [5.74, 6) is 0.560. The van der Waals surface area contributed by atoms with E-state index in [0.717, 1.165) is 103 Å². The van der Waals surface area contributed by atoms with E-state index >= 15 is 0 Å². The van der Waals surface area contributed by atoms with Crippen molar-refractivity contribution in [2.45, 2.75) is 209 Å². The Kier molecular flexibility index (Phi) is 22.8. The van der Waals surface area contributed by atoms with Crippen LogP contribution < -0.4 is 0 Å². The normalized spacial score (nSPS) is 12.9. The van der Waals surface area contributed by atoms with Gasteiger partial charge in [-0.05, 0) is 170 Å². The van der Waals surface area contributed by atoms with Gasteiger partial charge in [-0.2, -0.15) is 0 Å². The molecule has 0 atom stereocenters. The SMILES string of the molecule is CC(C)(C)c1cc(-c2cc(-c3[c-]ccc4ccccc34)c3nc(-c4ccccc4N=Cc4cc(C(C)(C)C)cc(C(C)(C)C)c4O)sc3c2)cc(C(C)(C)C)c1.CC(C)(C)c1cc(-c2cc(-c3cccc4ccccc34)c3nc(-c4ccccc4N=Cc4cc(C(C)(C)C)cc(C(C)(C)C)c4O)sc3c2)cc(C(C)(C)C)c1.[Pt]. The maximum absolute atomic E-state index is 11.5. The van der Waals surface area contributed by atoms with Crippen molar-refractivity contribution in [1.29, 1.82) is 0 Å². The first-order valence-electron chi connectivity index (χ1n) is 39.5. The molecule has 6 nitrogen and oxygen atoms in total. The van der Waals surface area contributed by atoms with Crippen LogP contribution >= 0.6 is 22.7 Å². The topological polar surface area (TPSA) is 91.0 Å². The van der Waals surface area contributed by atoms with Gasteiger partial charge in [-0.1, -0.05) is 317 Å². The minimum Gasteiger partial charge on any atom is -0.507 e. The maximum Gasteiger partial charge on any atom is 0.128 e. The number of phenols is 2. The van der Waals surface area contributed by atoms with E-state index < -0.39 is 0 Å². The minimum atomic E-state index is -0.229. The third kappa shape index (κ3) is 17.9. The van der Waals surface area contributed by atoms with Crippen molar-refractivity contribution in [3.8, 4) is 77.1 Å². The molecule has 0 radical (unpaired) electrons. The number of hydrogen-bond donors (Lipinski definition) is 2. The third-order valence-corrected chi connectivity index (χ3v) is 23.7. The van der Waals surface area contributed by atoms with Crippen LogP contribution in [0.5, 0.6) is 11.5 Å². The van der Waals surface area contributed by atoms with Crippen LogP contribution in [0.1, 0.15) is 222 Å². The number of thiazole rings is 2. The molecule has 12 aromatic carbocycles. The molecule has 2 aromatic heterocycles. The van der Waals surface area contributed by atoms with E-state index in [1.165, 1.54) is 66.2 Å². The maximum atomic E-state index is 11.5. The van der Waals surface area contributed by atoms with Gasteiger partial charge < -0.3 is 10.2 Å². The van der Waals surface area contributed by atoms with Crippen molar-refractivity contribution in [1.82, 2.24) is 9.97 Å². The van der Waals surface area contributed by atoms with Gasteiger partial charge in [-0.3, -0.25) is 9.98 Å². The van der Waals surface area contributed by atoms with Gasteiger partial charge in [0.25, 0.3) is 0 Å². The number of hydrogen-bond acceptors (Lipinski definition) is 8. The van der Waals surface area contributed by atoms with Crippen molar-refractivity contribution in [2.75, 3.05) is 0 Å². The number of benzene rings is 12. The smallest absolute Gasteiger partial charge is 0.128 e. The van der Waals surface area contributed by atoms with Gasteiger partial charge in [0.15, 0.2) is 0 Å². The molecular weight excluding hydrogens is 1600 g/mol. The van der Waals surface area contributed by atoms with Gasteiger partial charge in [-0.25, -0.2) is 9.97 Å². The molecule has 0 fully saturated rings. The summed E-state index contributed by atoms with van der Waals surface area (Å²) in [5, 5.41) is 29.6. The number of nitrogens with zero attached hydrogens (tertiary/aromatic N) is 4. The summed E-state index contributed by atoms with van der Waals surface area (Å²) in [6.45, 7) is 53.6. The second-order valence-corrected chi connectivity index (χ2v) is 40.9. The summed E-state index contributed by atoms with van der Waals surface area (Å²) in [7, 11) is 0. The van der Waals surface area contributed by atoms with Gasteiger partial charge in [0, 0.05) is 82.7 Å². The molecule has 2 heterocycles. The van der Waals surface area contributed by atoms with Gasteiger partial charge in [0.1, 0.15) is 21.5 Å². The van der Waals surface area contributed by atoms with E-state index in [9.17, 15) is 10.2 Å². The Morgan fingerprint density at radius 2 is 0.655 bits per heavy atom. The molecule has 582 valence electrons. The number of para-hydroxylation sites is 2. The summed E-state index contributed by atoms with van der Waals surface area (Å²) >= 11 is 3.40. The van der Waals surface area contributed by atoms with Gasteiger partial charge in [0.05, 0.1) is 21.6 Å². The predicted octanol–water partition coefficient (Wildman–Crippen LogP) is 30.0. The van der Waals surface area contributed by atoms with Crippen LogP contribution in [0.4, 0.5) is 11.4 Å². The van der Waals surface area contributed by atoms with E-state index in [1.807, 2.05) is 48.8 Å². The zero-order valence-electron chi connectivity index (χ0n) is 70.7. The summed E-state index contributed by atoms with van der Waals surface area (Å²) < 4.78 is 2.24. The van der Waals surface area contributed by atoms with E-state index in [1.54, 1.807) is 22.7 Å². The molecule has 113 heavy (non-hydrogen) atoms. The van der Waals surface area contributed by atoms with Crippen LogP contribution in [0.15, 0.2) is 222 Å². The first-order chi connectivity index (χ1) is 52.4. The molecular formula is C104H111N4O2PtS2-. The van der Waals surface area contributed by atoms with Crippen LogP contribution in [0.3, 0.4) is 0 Å². The van der Waals surface area contributed by atoms with Crippen molar-refractivity contribution >= 4 is 88.5 Å². The zero-order chi connectivity index (χ0) is 80.7. The fraction of sp³-hybridized carbons (Fsp3) is 0.308. The monoisotopic (exact) mass is 1710 g/mol. The predicted molar refractivity (Wildman–Crippen MR) is 486 cm³/mol. The second kappa shape index (κ2) is 31.1. The van der Waals surface area contributed by atoms with Crippen LogP contribution in [0.25, 0.3) is 108 Å². The van der Waals surface area contributed by atoms with Gasteiger partial charge in [0.2, 0.25) is 0 Å². The Hall–Kier alpha value is -9.43. The van der Waals surface area contributed by atoms with Crippen molar-refractivity contribution in [2.24, 2.45) is 9.98 Å². The summed E-state index contributed by atoms with van der Waals surface area (Å²) in [5.41, 5.74) is 24.9. The van der Waals surface area contributed by atoms with Crippen molar-refractivity contribution in [3.05, 3.63) is 274 Å². The summed E-state index contributed by atoms with van der Waals surface area (Å²) in [4.78, 5) is 21.0. The number of aromatic hydroxyl groups is 2. The fourth-order valence-corrected chi connectivity index (χ4v) is 16.6. The third-order valence-electron chi connectivity index (χ3n) is 21.6. The Morgan fingerprint density at radius 3 is 1.07 bits per heavy atom. The zero-order valence-corrected chi connectivity index (χ0v) is 74.6. The fourth-order valence-electron chi connectivity index (χ4n) is 14.5. The summed E-state index contributed by atoms with van der Waals surface area (Å²) in [6.07, 6.45) is 3.64. The standard InChI is InChI=1S/C52H56N2OS.C52H55N2OS.Pt/c2*1-49(2,3)36-24-33(25-37(29-36)50(4,5)6)34-27-42(40-22-17-19-32-18-13-14-20-39(32)40)46-45(28-34)56-48(54-46)41-21-15-16-23-44(41)53-31-35-26-38(51(7,8)9)30-43(47(35)55)52(10,11)12;/h13-31,55H,1-12H3;13-21,23-31,55H,1-12H3;/q;-1;. The number of fused-ring (bicyclic) bond motifs is 4. The molecule has 0 spiro atoms. The largest absolute Gasteiger partial charge is 0.507 e. The minimum absolute atomic E-state index is 0. The van der Waals surface area contributed by atoms with Gasteiger partial charge >= 0.3 is 0 Å². The molecule has 2 N–H and O–H groups in total. The van der Waals surface area contributed by atoms with E-state index in [-0.39, 0.29) is 75.9 Å². The Bertz CT molecular complexity index is 5560. The van der Waals surface area contributed by atoms with E-state index in [2.05, 4.69) is 348 Å². The number of aromatic nitrogens is 2. The Morgan fingerprint density at radius 1 is 0.319 bits per heavy atom. The molecule has 0 unspecified atom stereocenters. The quantitative estimate of drug-likeness (QED) is 0.105. The molecule has 0 saturated heterocycles. The Balaban J connectivity index is 0.000000208.